The molecular weight excluding hydrogens is 373 g/mol. The van der Waals surface area contributed by atoms with Gasteiger partial charge in [-0.2, -0.15) is 0 Å². The van der Waals surface area contributed by atoms with Gasteiger partial charge in [-0.25, -0.2) is 4.98 Å². The Kier molecular flexibility index (Phi) is 5.30. The maximum Gasteiger partial charge on any atom is 0.261 e. The lowest BCUT2D eigenvalue weighted by molar-refractivity contribution is -0.132. The molecule has 1 aromatic heterocycles. The van der Waals surface area contributed by atoms with Crippen LogP contribution in [0.5, 0.6) is 0 Å². The van der Waals surface area contributed by atoms with Crippen LogP contribution >= 0.6 is 23.2 Å². The van der Waals surface area contributed by atoms with E-state index < -0.39 is 0 Å². The van der Waals surface area contributed by atoms with Crippen molar-refractivity contribution in [3.05, 3.63) is 74.8 Å². The number of likely N-dealkylation sites (N-methyl/N-ethyl adjacent to an activating group) is 1. The molecule has 0 fully saturated rings. The number of aromatic nitrogens is 2. The van der Waals surface area contributed by atoms with Crippen molar-refractivity contribution in [2.45, 2.75) is 19.5 Å². The molecule has 2 aromatic carbocycles. The lowest BCUT2D eigenvalue weighted by Gasteiger charge is -2.25. The average molecular weight is 390 g/mol. The molecule has 0 unspecified atom stereocenters. The summed E-state index contributed by atoms with van der Waals surface area (Å²) in [4.78, 5) is 31.1. The minimum Gasteiger partial charge on any atom is -0.337 e. The molecule has 26 heavy (non-hydrogen) atoms. The highest BCUT2D eigenvalue weighted by Crippen LogP contribution is 2.24. The minimum atomic E-state index is -0.353. The number of hydrogen-bond donors (Lipinski definition) is 0. The number of rotatable bonds is 4. The largest absolute Gasteiger partial charge is 0.337 e. The van der Waals surface area contributed by atoms with Crippen LogP contribution in [0.25, 0.3) is 10.9 Å². The fourth-order valence-electron chi connectivity index (χ4n) is 2.74. The van der Waals surface area contributed by atoms with Crippen LogP contribution in [0, 0.1) is 0 Å². The van der Waals surface area contributed by atoms with Crippen LogP contribution in [0.2, 0.25) is 10.0 Å². The fourth-order valence-corrected chi connectivity index (χ4v) is 3.28. The highest BCUT2D eigenvalue weighted by Gasteiger charge is 2.19. The Morgan fingerprint density at radius 1 is 1.23 bits per heavy atom. The molecule has 0 aliphatic heterocycles. The lowest BCUT2D eigenvalue weighted by Crippen LogP contribution is -2.35. The monoisotopic (exact) mass is 389 g/mol. The molecule has 0 N–H and O–H groups in total. The average Bonchev–Trinajstić information content (AvgIpc) is 2.63. The van der Waals surface area contributed by atoms with Gasteiger partial charge in [0, 0.05) is 12.1 Å². The summed E-state index contributed by atoms with van der Waals surface area (Å²) in [6, 6.07) is 12.6. The molecule has 0 saturated heterocycles. The third kappa shape index (κ3) is 3.59. The van der Waals surface area contributed by atoms with Gasteiger partial charge in [-0.3, -0.25) is 14.2 Å². The van der Waals surface area contributed by atoms with Crippen molar-refractivity contribution >= 4 is 40.0 Å². The molecule has 0 saturated carbocycles. The molecule has 1 heterocycles. The number of benzene rings is 2. The molecule has 1 amide bonds. The molecule has 5 nitrogen and oxygen atoms in total. The second-order valence-electron chi connectivity index (χ2n) is 6.05. The lowest BCUT2D eigenvalue weighted by atomic mass is 10.1. The van der Waals surface area contributed by atoms with Gasteiger partial charge in [0.2, 0.25) is 5.91 Å². The molecular formula is C19H17Cl2N3O2. The Morgan fingerprint density at radius 3 is 2.62 bits per heavy atom. The quantitative estimate of drug-likeness (QED) is 0.679. The van der Waals surface area contributed by atoms with E-state index in [0.717, 1.165) is 5.56 Å². The van der Waals surface area contributed by atoms with E-state index in [1.807, 2.05) is 37.3 Å². The van der Waals surface area contributed by atoms with Crippen LogP contribution < -0.4 is 5.56 Å². The smallest absolute Gasteiger partial charge is 0.261 e. The van der Waals surface area contributed by atoms with Crippen molar-refractivity contribution in [3.63, 3.8) is 0 Å². The first-order valence-electron chi connectivity index (χ1n) is 8.03. The number of carbonyl (C=O) groups is 1. The van der Waals surface area contributed by atoms with Crippen molar-refractivity contribution in [2.24, 2.45) is 0 Å². The molecule has 0 aliphatic carbocycles. The summed E-state index contributed by atoms with van der Waals surface area (Å²) in [5.41, 5.74) is 1.04. The SMILES string of the molecule is C[C@@H](c1ccccc1)N(C)C(=O)Cn1cnc2c(Cl)cc(Cl)cc2c1=O. The minimum absolute atomic E-state index is 0.112. The van der Waals surface area contributed by atoms with Gasteiger partial charge in [0.25, 0.3) is 5.56 Å². The standard InChI is InChI=1S/C19H17Cl2N3O2/c1-12(13-6-4-3-5-7-13)23(2)17(25)10-24-11-22-18-15(19(24)26)8-14(20)9-16(18)21/h3-9,11-12H,10H2,1-2H3/t12-/m0/s1. The van der Waals surface area contributed by atoms with Gasteiger partial charge in [0.1, 0.15) is 6.54 Å². The topological polar surface area (TPSA) is 55.2 Å². The third-order valence-electron chi connectivity index (χ3n) is 4.41. The Balaban J connectivity index is 1.88. The highest BCUT2D eigenvalue weighted by atomic mass is 35.5. The third-order valence-corrected chi connectivity index (χ3v) is 4.91. The summed E-state index contributed by atoms with van der Waals surface area (Å²) < 4.78 is 1.27. The van der Waals surface area contributed by atoms with E-state index in [-0.39, 0.29) is 29.4 Å². The van der Waals surface area contributed by atoms with Gasteiger partial charge < -0.3 is 4.90 Å². The van der Waals surface area contributed by atoms with E-state index in [9.17, 15) is 9.59 Å². The predicted octanol–water partition coefficient (Wildman–Crippen LogP) is 3.92. The van der Waals surface area contributed by atoms with E-state index in [2.05, 4.69) is 4.98 Å². The zero-order valence-electron chi connectivity index (χ0n) is 14.3. The molecule has 1 atom stereocenters. The van der Waals surface area contributed by atoms with E-state index in [1.54, 1.807) is 11.9 Å². The summed E-state index contributed by atoms with van der Waals surface area (Å²) >= 11 is 12.1. The van der Waals surface area contributed by atoms with Crippen LogP contribution in [0.3, 0.4) is 0 Å². The molecule has 0 bridgehead atoms. The number of hydrogen-bond acceptors (Lipinski definition) is 3. The summed E-state index contributed by atoms with van der Waals surface area (Å²) in [6.07, 6.45) is 1.34. The van der Waals surface area contributed by atoms with Gasteiger partial charge in [-0.1, -0.05) is 53.5 Å². The fraction of sp³-hybridized carbons (Fsp3) is 0.211. The molecule has 134 valence electrons. The van der Waals surface area contributed by atoms with Crippen LogP contribution in [0.4, 0.5) is 0 Å². The first-order valence-corrected chi connectivity index (χ1v) is 8.79. The number of fused-ring (bicyclic) bond motifs is 1. The van der Waals surface area contributed by atoms with Gasteiger partial charge in [0.15, 0.2) is 0 Å². The number of nitrogens with zero attached hydrogens (tertiary/aromatic N) is 3. The molecule has 0 radical (unpaired) electrons. The highest BCUT2D eigenvalue weighted by molar-refractivity contribution is 6.38. The van der Waals surface area contributed by atoms with Crippen molar-refractivity contribution < 1.29 is 4.79 Å². The Labute approximate surface area is 160 Å². The summed E-state index contributed by atoms with van der Waals surface area (Å²) in [5.74, 6) is -0.197. The number of amides is 1. The first-order chi connectivity index (χ1) is 12.4. The van der Waals surface area contributed by atoms with Crippen LogP contribution in [-0.2, 0) is 11.3 Å². The Hall–Kier alpha value is -2.37. The van der Waals surface area contributed by atoms with Gasteiger partial charge in [0.05, 0.1) is 28.3 Å². The molecule has 0 aliphatic rings. The second kappa shape index (κ2) is 7.48. The van der Waals surface area contributed by atoms with E-state index in [0.29, 0.717) is 15.6 Å². The molecule has 0 spiro atoms. The van der Waals surface area contributed by atoms with Gasteiger partial charge in [-0.05, 0) is 24.6 Å². The summed E-state index contributed by atoms with van der Waals surface area (Å²) in [7, 11) is 1.72. The van der Waals surface area contributed by atoms with E-state index in [4.69, 9.17) is 23.2 Å². The number of halogens is 2. The predicted molar refractivity (Wildman–Crippen MR) is 104 cm³/mol. The molecule has 3 rings (SSSR count). The Morgan fingerprint density at radius 2 is 1.92 bits per heavy atom. The van der Waals surface area contributed by atoms with E-state index >= 15 is 0 Å². The zero-order valence-corrected chi connectivity index (χ0v) is 15.8. The molecule has 7 heteroatoms. The van der Waals surface area contributed by atoms with Crippen molar-refractivity contribution in [1.29, 1.82) is 0 Å². The van der Waals surface area contributed by atoms with Crippen molar-refractivity contribution in [2.75, 3.05) is 7.05 Å². The summed E-state index contributed by atoms with van der Waals surface area (Å²) in [5, 5.41) is 0.940. The number of carbonyl (C=O) groups excluding carboxylic acids is 1. The maximum atomic E-state index is 12.7. The van der Waals surface area contributed by atoms with Crippen molar-refractivity contribution in [3.8, 4) is 0 Å². The molecule has 3 aromatic rings. The van der Waals surface area contributed by atoms with Crippen LogP contribution in [0.1, 0.15) is 18.5 Å². The van der Waals surface area contributed by atoms with Gasteiger partial charge >= 0.3 is 0 Å². The van der Waals surface area contributed by atoms with E-state index in [1.165, 1.54) is 23.0 Å². The maximum absolute atomic E-state index is 12.7. The first kappa shape index (κ1) is 18.4. The van der Waals surface area contributed by atoms with Crippen LogP contribution in [0.15, 0.2) is 53.6 Å². The Bertz CT molecular complexity index is 1020. The second-order valence-corrected chi connectivity index (χ2v) is 6.90. The zero-order chi connectivity index (χ0) is 18.8. The van der Waals surface area contributed by atoms with Crippen molar-refractivity contribution in [1.82, 2.24) is 14.5 Å². The van der Waals surface area contributed by atoms with Crippen LogP contribution in [-0.4, -0.2) is 27.4 Å². The normalized spacial score (nSPS) is 12.2. The van der Waals surface area contributed by atoms with Gasteiger partial charge in [-0.15, -0.1) is 0 Å². The summed E-state index contributed by atoms with van der Waals surface area (Å²) in [6.45, 7) is 1.83.